The van der Waals surface area contributed by atoms with Gasteiger partial charge in [0.25, 0.3) is 5.91 Å². The van der Waals surface area contributed by atoms with Gasteiger partial charge in [0.2, 0.25) is 0 Å². The first-order valence-corrected chi connectivity index (χ1v) is 8.53. The van der Waals surface area contributed by atoms with Crippen molar-refractivity contribution in [3.63, 3.8) is 0 Å². The van der Waals surface area contributed by atoms with Gasteiger partial charge in [0.05, 0.1) is 5.51 Å². The summed E-state index contributed by atoms with van der Waals surface area (Å²) in [6.07, 6.45) is 3.50. The molecule has 3 nitrogen and oxygen atoms in total. The second-order valence-electron chi connectivity index (χ2n) is 4.30. The van der Waals surface area contributed by atoms with E-state index in [0.717, 1.165) is 25.3 Å². The summed E-state index contributed by atoms with van der Waals surface area (Å²) in [5, 5.41) is 0.905. The number of nitrogens with zero attached hydrogens (tertiary/aromatic N) is 2. The van der Waals surface area contributed by atoms with E-state index in [1.165, 1.54) is 24.2 Å². The molecule has 18 heavy (non-hydrogen) atoms. The Bertz CT molecular complexity index is 411. The van der Waals surface area contributed by atoms with Crippen LogP contribution in [-0.2, 0) is 0 Å². The van der Waals surface area contributed by atoms with E-state index >= 15 is 0 Å². The Balaban J connectivity index is 2.06. The zero-order valence-corrected chi connectivity index (χ0v) is 12.8. The van der Waals surface area contributed by atoms with E-state index in [2.05, 4.69) is 11.9 Å². The molecule has 1 amide bonds. The molecule has 0 unspecified atom stereocenters. The van der Waals surface area contributed by atoms with Crippen LogP contribution >= 0.6 is 34.7 Å². The first-order valence-electron chi connectivity index (χ1n) is 6.22. The molecule has 1 saturated heterocycles. The third-order valence-electron chi connectivity index (χ3n) is 3.04. The van der Waals surface area contributed by atoms with Crippen molar-refractivity contribution in [1.29, 1.82) is 0 Å². The van der Waals surface area contributed by atoms with Crippen LogP contribution in [0.25, 0.3) is 0 Å². The monoisotopic (exact) mass is 304 g/mol. The van der Waals surface area contributed by atoms with E-state index in [4.69, 9.17) is 11.6 Å². The third-order valence-corrected chi connectivity index (χ3v) is 5.44. The van der Waals surface area contributed by atoms with Gasteiger partial charge in [0.1, 0.15) is 4.88 Å². The minimum absolute atomic E-state index is 0.0473. The Morgan fingerprint density at radius 3 is 3.17 bits per heavy atom. The standard InChI is InChI=1S/C12H17ClN2OS2/c1-2-17-9-5-3-4-6-15(7-9)12(16)10-11(13)14-8-18-10/h8-9H,2-7H2,1H3/t9-/m0/s1. The van der Waals surface area contributed by atoms with E-state index in [1.54, 1.807) is 5.51 Å². The second kappa shape index (κ2) is 6.78. The average molecular weight is 305 g/mol. The first-order chi connectivity index (χ1) is 8.72. The van der Waals surface area contributed by atoms with E-state index in [0.29, 0.717) is 15.3 Å². The molecule has 0 saturated carbocycles. The van der Waals surface area contributed by atoms with Gasteiger partial charge in [-0.25, -0.2) is 4.98 Å². The van der Waals surface area contributed by atoms with Gasteiger partial charge in [-0.3, -0.25) is 4.79 Å². The molecule has 1 aromatic heterocycles. The maximum atomic E-state index is 12.4. The van der Waals surface area contributed by atoms with Gasteiger partial charge in [-0.15, -0.1) is 11.3 Å². The van der Waals surface area contributed by atoms with E-state index in [1.807, 2.05) is 16.7 Å². The fraction of sp³-hybridized carbons (Fsp3) is 0.667. The fourth-order valence-corrected chi connectivity index (χ4v) is 4.23. The lowest BCUT2D eigenvalue weighted by atomic mass is 10.2. The van der Waals surface area contributed by atoms with Crippen molar-refractivity contribution in [2.75, 3.05) is 18.8 Å². The molecule has 1 aliphatic rings. The molecule has 1 aromatic rings. The second-order valence-corrected chi connectivity index (χ2v) is 7.09. The first kappa shape index (κ1) is 14.2. The van der Waals surface area contributed by atoms with Crippen LogP contribution in [0.4, 0.5) is 0 Å². The SMILES string of the molecule is CCS[C@H]1CCCCN(C(=O)c2scnc2Cl)C1. The number of amides is 1. The van der Waals surface area contributed by atoms with Gasteiger partial charge >= 0.3 is 0 Å². The number of thioether (sulfide) groups is 1. The quantitative estimate of drug-likeness (QED) is 0.856. The lowest BCUT2D eigenvalue weighted by molar-refractivity contribution is 0.0768. The number of rotatable bonds is 3. The fourth-order valence-electron chi connectivity index (χ4n) is 2.17. The zero-order valence-electron chi connectivity index (χ0n) is 10.4. The van der Waals surface area contributed by atoms with Crippen molar-refractivity contribution in [3.05, 3.63) is 15.5 Å². The molecule has 0 N–H and O–H groups in total. The van der Waals surface area contributed by atoms with Crippen LogP contribution in [0.5, 0.6) is 0 Å². The molecule has 1 atom stereocenters. The highest BCUT2D eigenvalue weighted by Crippen LogP contribution is 2.26. The smallest absolute Gasteiger partial charge is 0.267 e. The molecule has 100 valence electrons. The molecule has 0 spiro atoms. The Morgan fingerprint density at radius 1 is 1.67 bits per heavy atom. The normalized spacial score (nSPS) is 20.8. The summed E-state index contributed by atoms with van der Waals surface area (Å²) in [5.74, 6) is 1.15. The van der Waals surface area contributed by atoms with Crippen molar-refractivity contribution < 1.29 is 4.79 Å². The maximum absolute atomic E-state index is 12.4. The minimum Gasteiger partial charge on any atom is -0.337 e. The van der Waals surface area contributed by atoms with Crippen LogP contribution in [0.2, 0.25) is 5.15 Å². The highest BCUT2D eigenvalue weighted by atomic mass is 35.5. The zero-order chi connectivity index (χ0) is 13.0. The topological polar surface area (TPSA) is 33.2 Å². The van der Waals surface area contributed by atoms with Crippen LogP contribution < -0.4 is 0 Å². The molecule has 0 aliphatic carbocycles. The van der Waals surface area contributed by atoms with Crippen LogP contribution in [-0.4, -0.2) is 39.9 Å². The van der Waals surface area contributed by atoms with Crippen molar-refractivity contribution in [2.45, 2.75) is 31.4 Å². The number of thiazole rings is 1. The van der Waals surface area contributed by atoms with Gasteiger partial charge < -0.3 is 4.90 Å². The lowest BCUT2D eigenvalue weighted by Gasteiger charge is -2.23. The van der Waals surface area contributed by atoms with Crippen molar-refractivity contribution >= 4 is 40.6 Å². The summed E-state index contributed by atoms with van der Waals surface area (Å²) in [6.45, 7) is 3.85. The molecule has 0 aromatic carbocycles. The molecular formula is C12H17ClN2OS2. The number of aromatic nitrogens is 1. The predicted molar refractivity (Wildman–Crippen MR) is 78.8 cm³/mol. The van der Waals surface area contributed by atoms with Crippen LogP contribution in [0.1, 0.15) is 35.9 Å². The van der Waals surface area contributed by atoms with E-state index in [-0.39, 0.29) is 5.91 Å². The van der Waals surface area contributed by atoms with Crippen molar-refractivity contribution in [1.82, 2.24) is 9.88 Å². The summed E-state index contributed by atoms with van der Waals surface area (Å²) < 4.78 is 0. The number of hydrogen-bond acceptors (Lipinski definition) is 4. The van der Waals surface area contributed by atoms with Crippen molar-refractivity contribution in [2.24, 2.45) is 0 Å². The van der Waals surface area contributed by atoms with Gasteiger partial charge in [-0.1, -0.05) is 24.9 Å². The van der Waals surface area contributed by atoms with E-state index in [9.17, 15) is 4.79 Å². The Labute approximate surface area is 121 Å². The minimum atomic E-state index is 0.0473. The van der Waals surface area contributed by atoms with Crippen LogP contribution in [0.15, 0.2) is 5.51 Å². The third kappa shape index (κ3) is 3.39. The molecule has 2 rings (SSSR count). The number of hydrogen-bond donors (Lipinski definition) is 0. The molecule has 0 radical (unpaired) electrons. The van der Waals surface area contributed by atoms with Gasteiger partial charge in [0.15, 0.2) is 5.15 Å². The highest BCUT2D eigenvalue weighted by molar-refractivity contribution is 7.99. The average Bonchev–Trinajstić information content (AvgIpc) is 2.64. The van der Waals surface area contributed by atoms with Crippen LogP contribution in [0, 0.1) is 0 Å². The number of likely N-dealkylation sites (tertiary alicyclic amines) is 1. The van der Waals surface area contributed by atoms with Gasteiger partial charge in [0, 0.05) is 18.3 Å². The van der Waals surface area contributed by atoms with Crippen molar-refractivity contribution in [3.8, 4) is 0 Å². The molecule has 6 heteroatoms. The Hall–Kier alpha value is -0.260. The highest BCUT2D eigenvalue weighted by Gasteiger charge is 2.25. The Kier molecular flexibility index (Phi) is 5.33. The Morgan fingerprint density at radius 2 is 2.50 bits per heavy atom. The molecular weight excluding hydrogens is 288 g/mol. The maximum Gasteiger partial charge on any atom is 0.267 e. The largest absolute Gasteiger partial charge is 0.337 e. The summed E-state index contributed by atoms with van der Waals surface area (Å²) >= 11 is 9.22. The van der Waals surface area contributed by atoms with Gasteiger partial charge in [-0.2, -0.15) is 11.8 Å². The summed E-state index contributed by atoms with van der Waals surface area (Å²) in [6, 6.07) is 0. The molecule has 0 bridgehead atoms. The molecule has 2 heterocycles. The summed E-state index contributed by atoms with van der Waals surface area (Å²) in [5.41, 5.74) is 1.63. The summed E-state index contributed by atoms with van der Waals surface area (Å²) in [4.78, 5) is 18.9. The predicted octanol–water partition coefficient (Wildman–Crippen LogP) is 3.54. The van der Waals surface area contributed by atoms with E-state index < -0.39 is 0 Å². The summed E-state index contributed by atoms with van der Waals surface area (Å²) in [7, 11) is 0. The molecule has 1 fully saturated rings. The van der Waals surface area contributed by atoms with Gasteiger partial charge in [-0.05, 0) is 18.6 Å². The molecule has 1 aliphatic heterocycles. The number of carbonyl (C=O) groups excluding carboxylic acids is 1. The van der Waals surface area contributed by atoms with Crippen LogP contribution in [0.3, 0.4) is 0 Å². The number of carbonyl (C=O) groups is 1. The number of halogens is 1. The lowest BCUT2D eigenvalue weighted by Crippen LogP contribution is -2.35.